The molecule has 7 heteroatoms. The number of hydrogen-bond donors (Lipinski definition) is 4. The highest BCUT2D eigenvalue weighted by molar-refractivity contribution is 5.97. The van der Waals surface area contributed by atoms with Crippen molar-refractivity contribution in [3.63, 3.8) is 0 Å². The molecule has 0 radical (unpaired) electrons. The quantitative estimate of drug-likeness (QED) is 0.522. The largest absolute Gasteiger partial charge is 0.352 e. The van der Waals surface area contributed by atoms with E-state index in [0.29, 0.717) is 6.54 Å². The summed E-state index contributed by atoms with van der Waals surface area (Å²) < 4.78 is 0. The van der Waals surface area contributed by atoms with Crippen LogP contribution in [0.25, 0.3) is 0 Å². The fourth-order valence-electron chi connectivity index (χ4n) is 1.51. The molecule has 0 aromatic heterocycles. The van der Waals surface area contributed by atoms with Gasteiger partial charge in [0.15, 0.2) is 0 Å². The third kappa shape index (κ3) is 5.69. The first-order valence-electron chi connectivity index (χ1n) is 6.59. The van der Waals surface area contributed by atoms with Gasteiger partial charge in [-0.2, -0.15) is 0 Å². The molecule has 1 aliphatic rings. The first-order valence-corrected chi connectivity index (χ1v) is 6.59. The summed E-state index contributed by atoms with van der Waals surface area (Å²) in [6.45, 7) is 5.50. The van der Waals surface area contributed by atoms with Gasteiger partial charge >= 0.3 is 6.03 Å². The molecular weight excluding hydrogens is 248 g/mol. The second-order valence-electron chi connectivity index (χ2n) is 4.74. The topological polar surface area (TPSA) is 99.3 Å². The molecule has 4 amide bonds. The molecule has 2 unspecified atom stereocenters. The van der Waals surface area contributed by atoms with Crippen molar-refractivity contribution in [2.24, 2.45) is 0 Å². The van der Waals surface area contributed by atoms with Crippen molar-refractivity contribution in [2.45, 2.75) is 51.7 Å². The number of amides is 4. The Morgan fingerprint density at radius 2 is 1.68 bits per heavy atom. The van der Waals surface area contributed by atoms with Gasteiger partial charge in [0, 0.05) is 12.6 Å². The molecule has 0 bridgehead atoms. The predicted octanol–water partition coefficient (Wildman–Crippen LogP) is -0.523. The van der Waals surface area contributed by atoms with Crippen LogP contribution in [0.5, 0.6) is 0 Å². The van der Waals surface area contributed by atoms with Crippen LogP contribution in [-0.2, 0) is 9.59 Å². The highest BCUT2D eigenvalue weighted by Gasteiger charge is 2.27. The summed E-state index contributed by atoms with van der Waals surface area (Å²) >= 11 is 0. The summed E-state index contributed by atoms with van der Waals surface area (Å²) in [7, 11) is 0. The molecule has 0 heterocycles. The Morgan fingerprint density at radius 1 is 1.11 bits per heavy atom. The molecule has 0 saturated heterocycles. The molecular formula is C12H22N4O3. The van der Waals surface area contributed by atoms with Crippen LogP contribution in [0.2, 0.25) is 0 Å². The summed E-state index contributed by atoms with van der Waals surface area (Å²) in [4.78, 5) is 34.5. The van der Waals surface area contributed by atoms with Gasteiger partial charge in [-0.25, -0.2) is 4.79 Å². The lowest BCUT2D eigenvalue weighted by atomic mass is 10.2. The number of urea groups is 1. The molecule has 0 aromatic carbocycles. The second-order valence-corrected chi connectivity index (χ2v) is 4.74. The number of carbonyl (C=O) groups excluding carboxylic acids is 3. The van der Waals surface area contributed by atoms with E-state index in [-0.39, 0.29) is 11.9 Å². The van der Waals surface area contributed by atoms with Gasteiger partial charge in [-0.3, -0.25) is 20.2 Å². The second kappa shape index (κ2) is 7.08. The Labute approximate surface area is 112 Å². The van der Waals surface area contributed by atoms with Crippen molar-refractivity contribution in [1.29, 1.82) is 0 Å². The lowest BCUT2D eigenvalue weighted by Gasteiger charge is -2.18. The number of hydrogen-bond acceptors (Lipinski definition) is 4. The molecule has 0 aliphatic heterocycles. The van der Waals surface area contributed by atoms with E-state index in [9.17, 15) is 14.4 Å². The fraction of sp³-hybridized carbons (Fsp3) is 0.750. The highest BCUT2D eigenvalue weighted by Crippen LogP contribution is 2.18. The van der Waals surface area contributed by atoms with E-state index in [1.54, 1.807) is 20.8 Å². The minimum atomic E-state index is -0.623. The summed E-state index contributed by atoms with van der Waals surface area (Å²) in [6.07, 6.45) is 2.04. The Hall–Kier alpha value is -1.63. The van der Waals surface area contributed by atoms with Crippen molar-refractivity contribution >= 4 is 17.8 Å². The Kier molecular flexibility index (Phi) is 5.75. The molecule has 0 aromatic rings. The molecule has 19 heavy (non-hydrogen) atoms. The predicted molar refractivity (Wildman–Crippen MR) is 70.4 cm³/mol. The van der Waals surface area contributed by atoms with Crippen molar-refractivity contribution in [1.82, 2.24) is 21.3 Å². The number of rotatable bonds is 6. The minimum Gasteiger partial charge on any atom is -0.352 e. The van der Waals surface area contributed by atoms with Gasteiger partial charge in [-0.15, -0.1) is 0 Å². The zero-order valence-electron chi connectivity index (χ0n) is 11.6. The van der Waals surface area contributed by atoms with E-state index in [0.717, 1.165) is 12.8 Å². The minimum absolute atomic E-state index is 0.125. The lowest BCUT2D eigenvalue weighted by molar-refractivity contribution is -0.124. The maximum Gasteiger partial charge on any atom is 0.321 e. The smallest absolute Gasteiger partial charge is 0.321 e. The van der Waals surface area contributed by atoms with Gasteiger partial charge in [0.1, 0.15) is 0 Å². The molecule has 0 spiro atoms. The van der Waals surface area contributed by atoms with E-state index in [4.69, 9.17) is 0 Å². The van der Waals surface area contributed by atoms with Crippen LogP contribution in [0.4, 0.5) is 4.79 Å². The third-order valence-electron chi connectivity index (χ3n) is 2.78. The van der Waals surface area contributed by atoms with Crippen molar-refractivity contribution in [2.75, 3.05) is 6.54 Å². The van der Waals surface area contributed by atoms with Crippen LogP contribution in [0.1, 0.15) is 33.6 Å². The first kappa shape index (κ1) is 15.4. The molecule has 1 fully saturated rings. The van der Waals surface area contributed by atoms with Crippen LogP contribution >= 0.6 is 0 Å². The first-order chi connectivity index (χ1) is 8.93. The number of carbonyl (C=O) groups is 3. The lowest BCUT2D eigenvalue weighted by Crippen LogP contribution is -2.53. The van der Waals surface area contributed by atoms with Crippen LogP contribution in [0.15, 0.2) is 0 Å². The summed E-state index contributed by atoms with van der Waals surface area (Å²) in [5.74, 6) is -0.586. The monoisotopic (exact) mass is 270 g/mol. The SMILES string of the molecule is CCNC(=O)NC(=O)C(C)NC(C)C(=O)NC1CC1. The van der Waals surface area contributed by atoms with E-state index >= 15 is 0 Å². The average Bonchev–Trinajstić information content (AvgIpc) is 3.12. The number of imide groups is 1. The molecule has 4 N–H and O–H groups in total. The summed E-state index contributed by atoms with van der Waals surface area (Å²) in [5, 5.41) is 10.4. The summed E-state index contributed by atoms with van der Waals surface area (Å²) in [6, 6.07) is -1.34. The summed E-state index contributed by atoms with van der Waals surface area (Å²) in [5.41, 5.74) is 0. The molecule has 2 atom stereocenters. The van der Waals surface area contributed by atoms with Gasteiger partial charge in [-0.05, 0) is 33.6 Å². The maximum atomic E-state index is 11.7. The molecule has 7 nitrogen and oxygen atoms in total. The zero-order chi connectivity index (χ0) is 14.4. The standard InChI is InChI=1S/C12H22N4O3/c1-4-13-12(19)16-11(18)8(3)14-7(2)10(17)15-9-5-6-9/h7-9,14H,4-6H2,1-3H3,(H,15,17)(H2,13,16,18,19). The van der Waals surface area contributed by atoms with Gasteiger partial charge in [0.05, 0.1) is 12.1 Å². The Morgan fingerprint density at radius 3 is 2.21 bits per heavy atom. The van der Waals surface area contributed by atoms with Crippen molar-refractivity contribution in [3.8, 4) is 0 Å². The van der Waals surface area contributed by atoms with Gasteiger partial charge in [0.25, 0.3) is 0 Å². The van der Waals surface area contributed by atoms with Crippen molar-refractivity contribution < 1.29 is 14.4 Å². The third-order valence-corrected chi connectivity index (χ3v) is 2.78. The maximum absolute atomic E-state index is 11.7. The Bertz CT molecular complexity index is 355. The van der Waals surface area contributed by atoms with Gasteiger partial charge in [0.2, 0.25) is 11.8 Å². The molecule has 1 saturated carbocycles. The van der Waals surface area contributed by atoms with Crippen LogP contribution < -0.4 is 21.3 Å². The van der Waals surface area contributed by atoms with Gasteiger partial charge in [-0.1, -0.05) is 0 Å². The van der Waals surface area contributed by atoms with Crippen LogP contribution in [0, 0.1) is 0 Å². The van der Waals surface area contributed by atoms with E-state index in [1.807, 2.05) is 0 Å². The van der Waals surface area contributed by atoms with E-state index in [2.05, 4.69) is 21.3 Å². The fourth-order valence-corrected chi connectivity index (χ4v) is 1.51. The van der Waals surface area contributed by atoms with Crippen LogP contribution in [-0.4, -0.2) is 42.5 Å². The Balaban J connectivity index is 2.31. The molecule has 1 aliphatic carbocycles. The van der Waals surface area contributed by atoms with Crippen molar-refractivity contribution in [3.05, 3.63) is 0 Å². The molecule has 1 rings (SSSR count). The zero-order valence-corrected chi connectivity index (χ0v) is 11.6. The normalized spacial score (nSPS) is 17.2. The van der Waals surface area contributed by atoms with E-state index in [1.165, 1.54) is 0 Å². The number of nitrogens with one attached hydrogen (secondary N) is 4. The van der Waals surface area contributed by atoms with Crippen LogP contribution in [0.3, 0.4) is 0 Å². The molecule has 108 valence electrons. The van der Waals surface area contributed by atoms with E-state index < -0.39 is 24.0 Å². The van der Waals surface area contributed by atoms with Gasteiger partial charge < -0.3 is 10.6 Å². The highest BCUT2D eigenvalue weighted by atomic mass is 16.2. The average molecular weight is 270 g/mol.